The van der Waals surface area contributed by atoms with E-state index in [0.717, 1.165) is 12.1 Å². The fourth-order valence-electron chi connectivity index (χ4n) is 3.07. The van der Waals surface area contributed by atoms with Crippen molar-refractivity contribution >= 4 is 23.4 Å². The number of rotatable bonds is 4. The molecular weight excluding hydrogens is 375 g/mol. The average Bonchev–Trinajstić information content (AvgIpc) is 3.05. The number of anilines is 2. The number of amides is 1. The third-order valence-corrected chi connectivity index (χ3v) is 4.77. The highest BCUT2D eigenvalue weighted by Crippen LogP contribution is 2.33. The summed E-state index contributed by atoms with van der Waals surface area (Å²) in [6.45, 7) is 1.91. The Kier molecular flexibility index (Phi) is 5.01. The lowest BCUT2D eigenvalue weighted by Crippen LogP contribution is -2.35. The maximum atomic E-state index is 12.9. The van der Waals surface area contributed by atoms with Crippen LogP contribution in [0.25, 0.3) is 0 Å². The minimum Gasteiger partial charge on any atom is -0.481 e. The van der Waals surface area contributed by atoms with Gasteiger partial charge in [-0.15, -0.1) is 0 Å². The predicted molar refractivity (Wildman–Crippen MR) is 95.2 cm³/mol. The van der Waals surface area contributed by atoms with Crippen LogP contribution < -0.4 is 5.32 Å². The number of alkyl halides is 3. The van der Waals surface area contributed by atoms with Crippen molar-refractivity contribution in [3.63, 3.8) is 0 Å². The van der Waals surface area contributed by atoms with Crippen molar-refractivity contribution in [2.45, 2.75) is 19.5 Å². The van der Waals surface area contributed by atoms with Gasteiger partial charge in [-0.3, -0.25) is 9.59 Å². The molecule has 1 saturated heterocycles. The van der Waals surface area contributed by atoms with Gasteiger partial charge >= 0.3 is 12.1 Å². The third-order valence-electron chi connectivity index (χ3n) is 4.77. The van der Waals surface area contributed by atoms with Gasteiger partial charge in [0.05, 0.1) is 16.5 Å². The van der Waals surface area contributed by atoms with Crippen molar-refractivity contribution in [2.75, 3.05) is 18.4 Å². The van der Waals surface area contributed by atoms with Gasteiger partial charge in [0.15, 0.2) is 0 Å². The van der Waals surface area contributed by atoms with Gasteiger partial charge in [0.2, 0.25) is 0 Å². The van der Waals surface area contributed by atoms with E-state index in [1.165, 1.54) is 35.4 Å². The van der Waals surface area contributed by atoms with Gasteiger partial charge in [0.25, 0.3) is 5.91 Å². The number of pyridine rings is 1. The smallest absolute Gasteiger partial charge is 0.416 e. The number of aliphatic carboxylic acids is 1. The first-order valence-corrected chi connectivity index (χ1v) is 8.52. The molecule has 1 amide bonds. The number of benzene rings is 1. The molecule has 2 N–H and O–H groups in total. The minimum absolute atomic E-state index is 0.0546. The first kappa shape index (κ1) is 19.7. The number of likely N-dealkylation sites (tertiary alicyclic amines) is 1. The van der Waals surface area contributed by atoms with Crippen molar-refractivity contribution in [1.82, 2.24) is 9.88 Å². The lowest BCUT2D eigenvalue weighted by Gasteiger charge is -2.21. The van der Waals surface area contributed by atoms with Crippen LogP contribution in [0.1, 0.15) is 29.3 Å². The Bertz CT molecular complexity index is 917. The highest BCUT2D eigenvalue weighted by atomic mass is 19.4. The number of aromatic nitrogens is 1. The Balaban J connectivity index is 1.85. The van der Waals surface area contributed by atoms with Crippen molar-refractivity contribution in [2.24, 2.45) is 5.41 Å². The summed E-state index contributed by atoms with van der Waals surface area (Å²) in [6.07, 6.45) is -2.75. The Morgan fingerprint density at radius 3 is 2.64 bits per heavy atom. The van der Waals surface area contributed by atoms with Crippen LogP contribution in [0.3, 0.4) is 0 Å². The summed E-state index contributed by atoms with van der Waals surface area (Å²) in [6, 6.07) is 7.62. The third kappa shape index (κ3) is 3.92. The number of nitrogens with one attached hydrogen (secondary N) is 1. The minimum atomic E-state index is -4.49. The second-order valence-corrected chi connectivity index (χ2v) is 6.95. The summed E-state index contributed by atoms with van der Waals surface area (Å²) in [5, 5.41) is 12.1. The van der Waals surface area contributed by atoms with Crippen LogP contribution in [0.5, 0.6) is 0 Å². The Morgan fingerprint density at radius 2 is 2.00 bits per heavy atom. The number of halogens is 3. The molecule has 1 aliphatic rings. The van der Waals surface area contributed by atoms with Crippen LogP contribution in [0, 0.1) is 5.41 Å². The number of carboxylic acids is 1. The zero-order valence-corrected chi connectivity index (χ0v) is 15.0. The molecule has 1 unspecified atom stereocenters. The molecule has 9 heteroatoms. The van der Waals surface area contributed by atoms with E-state index >= 15 is 0 Å². The Morgan fingerprint density at radius 1 is 1.25 bits per heavy atom. The molecule has 28 heavy (non-hydrogen) atoms. The van der Waals surface area contributed by atoms with Crippen molar-refractivity contribution in [3.05, 3.63) is 53.7 Å². The quantitative estimate of drug-likeness (QED) is 0.826. The zero-order valence-electron chi connectivity index (χ0n) is 15.0. The van der Waals surface area contributed by atoms with E-state index in [-0.39, 0.29) is 30.2 Å². The first-order chi connectivity index (χ1) is 13.1. The summed E-state index contributed by atoms with van der Waals surface area (Å²) in [4.78, 5) is 29.8. The van der Waals surface area contributed by atoms with E-state index < -0.39 is 29.0 Å². The number of nitrogens with zero attached hydrogens (tertiary/aromatic N) is 2. The normalized spacial score (nSPS) is 19.5. The van der Waals surface area contributed by atoms with Crippen LogP contribution in [0.4, 0.5) is 24.7 Å². The number of carbonyl (C=O) groups is 2. The maximum absolute atomic E-state index is 12.9. The Labute approximate surface area is 159 Å². The molecule has 0 radical (unpaired) electrons. The molecule has 1 fully saturated rings. The van der Waals surface area contributed by atoms with E-state index in [9.17, 15) is 27.9 Å². The second kappa shape index (κ2) is 7.14. The van der Waals surface area contributed by atoms with Crippen molar-refractivity contribution < 1.29 is 27.9 Å². The number of carbonyl (C=O) groups excluding carboxylic acids is 1. The number of hydrogen-bond donors (Lipinski definition) is 2. The molecule has 1 atom stereocenters. The lowest BCUT2D eigenvalue weighted by atomic mass is 9.90. The van der Waals surface area contributed by atoms with E-state index in [4.69, 9.17) is 0 Å². The summed E-state index contributed by atoms with van der Waals surface area (Å²) < 4.78 is 38.7. The fourth-order valence-corrected chi connectivity index (χ4v) is 3.07. The molecule has 1 aliphatic heterocycles. The topological polar surface area (TPSA) is 82.5 Å². The molecule has 0 aliphatic carbocycles. The molecule has 1 aromatic heterocycles. The van der Waals surface area contributed by atoms with Crippen LogP contribution in [-0.2, 0) is 11.0 Å². The fraction of sp³-hybridized carbons (Fsp3) is 0.316. The summed E-state index contributed by atoms with van der Waals surface area (Å²) in [5.41, 5.74) is -1.54. The average molecular weight is 393 g/mol. The molecule has 6 nitrogen and oxygen atoms in total. The summed E-state index contributed by atoms with van der Waals surface area (Å²) in [7, 11) is 0. The molecule has 1 aromatic carbocycles. The van der Waals surface area contributed by atoms with Gasteiger partial charge in [0, 0.05) is 25.0 Å². The molecule has 2 heterocycles. The van der Waals surface area contributed by atoms with Crippen molar-refractivity contribution in [3.8, 4) is 0 Å². The van der Waals surface area contributed by atoms with Crippen LogP contribution in [-0.4, -0.2) is 40.0 Å². The predicted octanol–water partition coefficient (Wildman–Crippen LogP) is 3.78. The second-order valence-electron chi connectivity index (χ2n) is 6.95. The van der Waals surface area contributed by atoms with Gasteiger partial charge in [0.1, 0.15) is 5.82 Å². The van der Waals surface area contributed by atoms with Crippen molar-refractivity contribution in [1.29, 1.82) is 0 Å². The summed E-state index contributed by atoms with van der Waals surface area (Å²) in [5.74, 6) is -1.29. The van der Waals surface area contributed by atoms with E-state index in [1.54, 1.807) is 6.92 Å². The molecule has 2 aromatic rings. The first-order valence-electron chi connectivity index (χ1n) is 8.52. The highest BCUT2D eigenvalue weighted by Gasteiger charge is 2.42. The maximum Gasteiger partial charge on any atom is 0.416 e. The van der Waals surface area contributed by atoms with E-state index in [1.807, 2.05) is 0 Å². The zero-order chi connectivity index (χ0) is 20.5. The molecule has 0 saturated carbocycles. The van der Waals surface area contributed by atoms with Crippen LogP contribution >= 0.6 is 0 Å². The molecule has 0 spiro atoms. The number of carboxylic acid groups (broad SMARTS) is 1. The monoisotopic (exact) mass is 393 g/mol. The molecular formula is C19H18F3N3O3. The molecule has 0 bridgehead atoms. The standard InChI is InChI=1S/C19H18F3N3O3/c1-18(17(27)28)7-9-25(11-18)16(26)14-6-3-8-23-15(14)24-13-5-2-4-12(10-13)19(20,21)22/h2-6,8,10H,7,9,11H2,1H3,(H,23,24)(H,27,28). The van der Waals surface area contributed by atoms with Crippen LogP contribution in [0.15, 0.2) is 42.6 Å². The number of hydrogen-bond acceptors (Lipinski definition) is 4. The lowest BCUT2D eigenvalue weighted by molar-refractivity contribution is -0.147. The van der Waals surface area contributed by atoms with E-state index in [0.29, 0.717) is 6.42 Å². The Hall–Kier alpha value is -3.10. The van der Waals surface area contributed by atoms with Crippen LogP contribution in [0.2, 0.25) is 0 Å². The van der Waals surface area contributed by atoms with Gasteiger partial charge in [-0.2, -0.15) is 13.2 Å². The van der Waals surface area contributed by atoms with E-state index in [2.05, 4.69) is 10.3 Å². The molecule has 3 rings (SSSR count). The van der Waals surface area contributed by atoms with Gasteiger partial charge in [-0.1, -0.05) is 6.07 Å². The SMILES string of the molecule is CC1(C(=O)O)CCN(C(=O)c2cccnc2Nc2cccc(C(F)(F)F)c2)C1. The van der Waals surface area contributed by atoms with Gasteiger partial charge < -0.3 is 15.3 Å². The van der Waals surface area contributed by atoms with Gasteiger partial charge in [-0.05, 0) is 43.7 Å². The summed E-state index contributed by atoms with van der Waals surface area (Å²) >= 11 is 0. The van der Waals surface area contributed by atoms with Gasteiger partial charge in [-0.25, -0.2) is 4.98 Å². The molecule has 148 valence electrons. The largest absolute Gasteiger partial charge is 0.481 e. The highest BCUT2D eigenvalue weighted by molar-refractivity contribution is 6.00.